The number of rotatable bonds is 4. The highest BCUT2D eigenvalue weighted by atomic mass is 35.5. The number of amides is 1. The van der Waals surface area contributed by atoms with Crippen LogP contribution in [-0.2, 0) is 14.3 Å². The largest absolute Gasteiger partial charge is 0.496 e. The smallest absolute Gasteiger partial charge is 0.357 e. The third-order valence-corrected chi connectivity index (χ3v) is 4.03. The van der Waals surface area contributed by atoms with Gasteiger partial charge >= 0.3 is 5.97 Å². The van der Waals surface area contributed by atoms with Gasteiger partial charge in [0.05, 0.1) is 19.9 Å². The second-order valence-electron chi connectivity index (χ2n) is 5.48. The summed E-state index contributed by atoms with van der Waals surface area (Å²) < 4.78 is 23.9. The number of carbonyl (C=O) groups excluding carboxylic acids is 2. The Labute approximate surface area is 149 Å². The quantitative estimate of drug-likeness (QED) is 0.501. The molecule has 1 aromatic heterocycles. The van der Waals surface area contributed by atoms with Crippen LogP contribution >= 0.6 is 11.6 Å². The fraction of sp³-hybridized carbons (Fsp3) is 0.353. The summed E-state index contributed by atoms with van der Waals surface area (Å²) in [5.41, 5.74) is 1.36. The number of hydrogen-bond acceptors (Lipinski definition) is 5. The zero-order valence-corrected chi connectivity index (χ0v) is 15.0. The number of ether oxygens (including phenoxy) is 2. The molecule has 0 fully saturated rings. The van der Waals surface area contributed by atoms with Gasteiger partial charge in [0.25, 0.3) is 5.13 Å². The summed E-state index contributed by atoms with van der Waals surface area (Å²) in [6.45, 7) is 3.00. The molecule has 0 aromatic carbocycles. The van der Waals surface area contributed by atoms with Gasteiger partial charge < -0.3 is 14.8 Å². The summed E-state index contributed by atoms with van der Waals surface area (Å²) in [4.78, 5) is 27.7. The first-order valence-electron chi connectivity index (χ1n) is 7.40. The minimum Gasteiger partial charge on any atom is -0.496 e. The first kappa shape index (κ1) is 18.9. The van der Waals surface area contributed by atoms with Gasteiger partial charge in [0.2, 0.25) is 5.91 Å². The molecule has 1 aliphatic rings. The van der Waals surface area contributed by atoms with Gasteiger partial charge in [-0.3, -0.25) is 4.79 Å². The van der Waals surface area contributed by atoms with Gasteiger partial charge in [0, 0.05) is 24.1 Å². The number of halogens is 2. The molecule has 2 unspecified atom stereocenters. The molecular weight excluding hydrogens is 351 g/mol. The van der Waals surface area contributed by atoms with E-state index in [1.165, 1.54) is 33.3 Å². The van der Waals surface area contributed by atoms with Gasteiger partial charge in [-0.2, -0.15) is 0 Å². The third-order valence-electron chi connectivity index (χ3n) is 3.72. The van der Waals surface area contributed by atoms with E-state index < -0.39 is 17.0 Å². The lowest BCUT2D eigenvalue weighted by Crippen LogP contribution is -2.21. The molecule has 1 amide bonds. The van der Waals surface area contributed by atoms with E-state index in [1.54, 1.807) is 13.0 Å². The number of aromatic nitrogens is 1. The van der Waals surface area contributed by atoms with E-state index in [1.807, 2.05) is 0 Å². The lowest BCUT2D eigenvalue weighted by atomic mass is 9.95. The van der Waals surface area contributed by atoms with Crippen molar-refractivity contribution in [1.29, 1.82) is 0 Å². The predicted octanol–water partition coefficient (Wildman–Crippen LogP) is 3.22. The molecule has 2 atom stereocenters. The number of nitrogens with zero attached hydrogens (tertiary/aromatic N) is 1. The van der Waals surface area contributed by atoms with Crippen LogP contribution < -0.4 is 5.32 Å². The molecule has 25 heavy (non-hydrogen) atoms. The van der Waals surface area contributed by atoms with Crippen LogP contribution in [0.1, 0.15) is 34.6 Å². The summed E-state index contributed by atoms with van der Waals surface area (Å²) in [6.07, 6.45) is 4.12. The molecule has 1 N–H and O–H groups in total. The van der Waals surface area contributed by atoms with E-state index in [0.29, 0.717) is 16.9 Å². The van der Waals surface area contributed by atoms with Crippen LogP contribution in [0, 0.1) is 6.92 Å². The van der Waals surface area contributed by atoms with Gasteiger partial charge in [-0.1, -0.05) is 17.7 Å². The molecule has 8 heteroatoms. The number of nitrogens with one attached hydrogen (secondary N) is 1. The Balaban J connectivity index is 2.56. The molecule has 1 heterocycles. The van der Waals surface area contributed by atoms with Crippen molar-refractivity contribution in [2.45, 2.75) is 24.9 Å². The second kappa shape index (κ2) is 7.23. The zero-order valence-electron chi connectivity index (χ0n) is 14.2. The number of hydrogen-bond donors (Lipinski definition) is 1. The van der Waals surface area contributed by atoms with E-state index in [4.69, 9.17) is 21.1 Å². The van der Waals surface area contributed by atoms with Crippen molar-refractivity contribution in [1.82, 2.24) is 4.98 Å². The first-order chi connectivity index (χ1) is 11.7. The normalized spacial score (nSPS) is 22.2. The predicted molar refractivity (Wildman–Crippen MR) is 91.3 cm³/mol. The number of esters is 1. The topological polar surface area (TPSA) is 77.5 Å². The number of alkyl halides is 2. The van der Waals surface area contributed by atoms with Crippen molar-refractivity contribution >= 4 is 29.2 Å². The Morgan fingerprint density at radius 1 is 1.40 bits per heavy atom. The second-order valence-corrected chi connectivity index (χ2v) is 6.03. The molecule has 0 radical (unpaired) electrons. The van der Waals surface area contributed by atoms with Crippen LogP contribution in [-0.4, -0.2) is 36.2 Å². The number of anilines is 1. The van der Waals surface area contributed by atoms with Crippen LogP contribution in [0.2, 0.25) is 0 Å². The maximum atomic E-state index is 14.1. The molecule has 0 bridgehead atoms. The lowest BCUT2D eigenvalue weighted by Gasteiger charge is -2.24. The van der Waals surface area contributed by atoms with Gasteiger partial charge in [-0.15, -0.1) is 0 Å². The van der Waals surface area contributed by atoms with Gasteiger partial charge in [-0.05, 0) is 25.1 Å². The summed E-state index contributed by atoms with van der Waals surface area (Å²) in [5.74, 6) is -1.51. The minimum absolute atomic E-state index is 0.0625. The Morgan fingerprint density at radius 3 is 2.64 bits per heavy atom. The average molecular weight is 369 g/mol. The SMILES string of the molecule is COC(=O)c1nc(C2C=CC(F)(Cl)C(OC)=C2)cc(NC(C)=O)c1C. The number of pyridine rings is 1. The van der Waals surface area contributed by atoms with E-state index in [9.17, 15) is 14.0 Å². The van der Waals surface area contributed by atoms with Crippen LogP contribution in [0.15, 0.2) is 30.1 Å². The molecule has 0 saturated carbocycles. The Kier molecular flexibility index (Phi) is 5.47. The Hall–Kier alpha value is -2.41. The molecule has 134 valence electrons. The lowest BCUT2D eigenvalue weighted by molar-refractivity contribution is -0.114. The van der Waals surface area contributed by atoms with Crippen molar-refractivity contribution in [2.75, 3.05) is 19.5 Å². The molecule has 6 nitrogen and oxygen atoms in total. The molecule has 0 spiro atoms. The highest BCUT2D eigenvalue weighted by Gasteiger charge is 2.34. The first-order valence-corrected chi connectivity index (χ1v) is 7.78. The number of methoxy groups -OCH3 is 2. The minimum atomic E-state index is -2.23. The van der Waals surface area contributed by atoms with Gasteiger partial charge in [-0.25, -0.2) is 14.2 Å². The molecular formula is C17H18ClFN2O4. The molecule has 2 rings (SSSR count). The van der Waals surface area contributed by atoms with Crippen LogP contribution in [0.3, 0.4) is 0 Å². The fourth-order valence-corrected chi connectivity index (χ4v) is 2.65. The molecule has 1 aromatic rings. The third kappa shape index (κ3) is 3.99. The Morgan fingerprint density at radius 2 is 2.08 bits per heavy atom. The maximum Gasteiger partial charge on any atom is 0.357 e. The monoisotopic (exact) mass is 368 g/mol. The van der Waals surface area contributed by atoms with Crippen LogP contribution in [0.4, 0.5) is 10.1 Å². The van der Waals surface area contributed by atoms with Crippen LogP contribution in [0.25, 0.3) is 0 Å². The Bertz CT molecular complexity index is 774. The molecule has 0 saturated heterocycles. The zero-order chi connectivity index (χ0) is 18.8. The molecule has 1 aliphatic carbocycles. The van der Waals surface area contributed by atoms with Gasteiger partial charge in [0.1, 0.15) is 5.76 Å². The highest BCUT2D eigenvalue weighted by Crippen LogP contribution is 2.38. The van der Waals surface area contributed by atoms with E-state index in [2.05, 4.69) is 10.3 Å². The van der Waals surface area contributed by atoms with E-state index in [-0.39, 0.29) is 17.4 Å². The van der Waals surface area contributed by atoms with Crippen molar-refractivity contribution in [3.8, 4) is 0 Å². The van der Waals surface area contributed by atoms with Crippen LogP contribution in [0.5, 0.6) is 0 Å². The van der Waals surface area contributed by atoms with Crippen molar-refractivity contribution in [3.05, 3.63) is 47.0 Å². The van der Waals surface area contributed by atoms with Crippen molar-refractivity contribution in [2.24, 2.45) is 0 Å². The van der Waals surface area contributed by atoms with E-state index >= 15 is 0 Å². The fourth-order valence-electron chi connectivity index (χ4n) is 2.44. The summed E-state index contributed by atoms with van der Waals surface area (Å²) in [7, 11) is 2.55. The average Bonchev–Trinajstić information content (AvgIpc) is 2.55. The van der Waals surface area contributed by atoms with Crippen molar-refractivity contribution < 1.29 is 23.5 Å². The summed E-state index contributed by atoms with van der Waals surface area (Å²) >= 11 is 5.72. The summed E-state index contributed by atoms with van der Waals surface area (Å²) in [5, 5.41) is 0.416. The molecule has 0 aliphatic heterocycles. The van der Waals surface area contributed by atoms with Gasteiger partial charge in [0.15, 0.2) is 5.69 Å². The van der Waals surface area contributed by atoms with E-state index in [0.717, 1.165) is 6.08 Å². The highest BCUT2D eigenvalue weighted by molar-refractivity contribution is 6.26. The standard InChI is InChI=1S/C17H18ClFN2O4/c1-9-12(20-10(2)22)8-13(21-15(9)16(23)25-4)11-5-6-17(18,19)14(7-11)24-3/h5-8,11H,1-4H3,(H,20,21,22). The van der Waals surface area contributed by atoms with Crippen molar-refractivity contribution in [3.63, 3.8) is 0 Å². The summed E-state index contributed by atoms with van der Waals surface area (Å²) in [6, 6.07) is 1.61. The number of carbonyl (C=O) groups is 2. The maximum absolute atomic E-state index is 14.1. The number of allylic oxidation sites excluding steroid dienone is 3.